The van der Waals surface area contributed by atoms with Gasteiger partial charge in [-0.1, -0.05) is 39.0 Å². The molecule has 0 heterocycles. The third-order valence-corrected chi connectivity index (χ3v) is 3.99. The number of ether oxygens (including phenoxy) is 1. The lowest BCUT2D eigenvalue weighted by Gasteiger charge is -2.27. The molecule has 1 aliphatic carbocycles. The van der Waals surface area contributed by atoms with Gasteiger partial charge in [0.05, 0.1) is 5.57 Å². The fraction of sp³-hybridized carbons (Fsp3) is 0.611. The summed E-state index contributed by atoms with van der Waals surface area (Å²) >= 11 is 0. The summed E-state index contributed by atoms with van der Waals surface area (Å²) in [6.45, 7) is 11.7. The normalized spacial score (nSPS) is 24.2. The Hall–Kier alpha value is -1.35. The second-order valence-electron chi connectivity index (χ2n) is 6.08. The number of allylic oxidation sites excluding steroid dienone is 2. The first kappa shape index (κ1) is 17.7. The molecular weight excluding hydrogens is 264 g/mol. The fourth-order valence-corrected chi connectivity index (χ4v) is 2.38. The second kappa shape index (κ2) is 8.18. The molecule has 3 heteroatoms. The predicted octanol–water partition coefficient (Wildman–Crippen LogP) is 3.94. The molecule has 118 valence electrons. The predicted molar refractivity (Wildman–Crippen MR) is 85.8 cm³/mol. The minimum absolute atomic E-state index is 0.117. The van der Waals surface area contributed by atoms with Crippen LogP contribution < -0.4 is 0 Å². The highest BCUT2D eigenvalue weighted by Crippen LogP contribution is 2.26. The Labute approximate surface area is 128 Å². The van der Waals surface area contributed by atoms with Crippen molar-refractivity contribution in [1.82, 2.24) is 0 Å². The maximum absolute atomic E-state index is 12.1. The molecule has 0 aromatic rings. The monoisotopic (exact) mass is 292 g/mol. The number of aliphatic hydroxyl groups excluding tert-OH is 1. The maximum atomic E-state index is 12.1. The molecule has 0 amide bonds. The van der Waals surface area contributed by atoms with Crippen LogP contribution in [0.25, 0.3) is 0 Å². The van der Waals surface area contributed by atoms with Gasteiger partial charge in [0.25, 0.3) is 0 Å². The molecule has 0 saturated heterocycles. The van der Waals surface area contributed by atoms with Gasteiger partial charge in [-0.15, -0.1) is 0 Å². The molecular formula is C18H28O3. The summed E-state index contributed by atoms with van der Waals surface area (Å²) in [4.78, 5) is 12.1. The Morgan fingerprint density at radius 2 is 2.29 bits per heavy atom. The van der Waals surface area contributed by atoms with E-state index in [-0.39, 0.29) is 11.7 Å². The van der Waals surface area contributed by atoms with E-state index < -0.39 is 12.1 Å². The molecule has 2 unspecified atom stereocenters. The van der Waals surface area contributed by atoms with Crippen molar-refractivity contribution < 1.29 is 14.6 Å². The third kappa shape index (κ3) is 5.16. The Morgan fingerprint density at radius 3 is 2.90 bits per heavy atom. The first-order valence-corrected chi connectivity index (χ1v) is 7.77. The average molecular weight is 292 g/mol. The number of hydrogen-bond donors (Lipinski definition) is 1. The van der Waals surface area contributed by atoms with E-state index in [4.69, 9.17) is 4.74 Å². The third-order valence-electron chi connectivity index (χ3n) is 3.99. The molecule has 1 aliphatic rings. The van der Waals surface area contributed by atoms with Crippen LogP contribution in [0, 0.1) is 5.92 Å². The summed E-state index contributed by atoms with van der Waals surface area (Å²) in [5, 5.41) is 10.1. The number of rotatable bonds is 6. The van der Waals surface area contributed by atoms with Gasteiger partial charge in [0.15, 0.2) is 0 Å². The van der Waals surface area contributed by atoms with Gasteiger partial charge in [-0.2, -0.15) is 0 Å². The summed E-state index contributed by atoms with van der Waals surface area (Å²) < 4.78 is 5.52. The highest BCUT2D eigenvalue weighted by Gasteiger charge is 2.26. The van der Waals surface area contributed by atoms with Crippen LogP contribution in [0.1, 0.15) is 53.4 Å². The lowest BCUT2D eigenvalue weighted by molar-refractivity contribution is -0.144. The number of unbranched alkanes of at least 4 members (excludes halogenated alkanes) is 1. The van der Waals surface area contributed by atoms with Gasteiger partial charge >= 0.3 is 5.97 Å². The molecule has 3 atom stereocenters. The molecule has 3 nitrogen and oxygen atoms in total. The molecule has 0 aliphatic heterocycles. The van der Waals surface area contributed by atoms with Crippen molar-refractivity contribution in [3.8, 4) is 0 Å². The van der Waals surface area contributed by atoms with Crippen molar-refractivity contribution in [3.63, 3.8) is 0 Å². The number of carbonyl (C=O) groups is 1. The van der Waals surface area contributed by atoms with Crippen molar-refractivity contribution in [2.45, 2.75) is 65.6 Å². The maximum Gasteiger partial charge on any atom is 0.336 e. The SMILES string of the molecule is C=C(C(=O)OC1C[C@H](C)CC=C1C)C(O)/C(C)=C/CCC. The van der Waals surface area contributed by atoms with E-state index in [2.05, 4.69) is 26.5 Å². The van der Waals surface area contributed by atoms with Crippen LogP contribution in [0.15, 0.2) is 35.5 Å². The molecule has 0 saturated carbocycles. The minimum Gasteiger partial charge on any atom is -0.454 e. The Kier molecular flexibility index (Phi) is 6.90. The summed E-state index contributed by atoms with van der Waals surface area (Å²) in [6.07, 6.45) is 6.68. The largest absolute Gasteiger partial charge is 0.454 e. The molecule has 1 rings (SSSR count). The first-order chi connectivity index (χ1) is 9.86. The van der Waals surface area contributed by atoms with Crippen LogP contribution in [0.3, 0.4) is 0 Å². The van der Waals surface area contributed by atoms with Gasteiger partial charge in [0.1, 0.15) is 12.2 Å². The molecule has 1 N–H and O–H groups in total. The van der Waals surface area contributed by atoms with Gasteiger partial charge in [0.2, 0.25) is 0 Å². The number of esters is 1. The van der Waals surface area contributed by atoms with Crippen LogP contribution in [-0.2, 0) is 9.53 Å². The fourth-order valence-electron chi connectivity index (χ4n) is 2.38. The molecule has 0 spiro atoms. The lowest BCUT2D eigenvalue weighted by atomic mass is 9.89. The zero-order chi connectivity index (χ0) is 16.0. The summed E-state index contributed by atoms with van der Waals surface area (Å²) in [6, 6.07) is 0. The van der Waals surface area contributed by atoms with Gasteiger partial charge in [-0.3, -0.25) is 0 Å². The van der Waals surface area contributed by atoms with E-state index in [1.807, 2.05) is 19.9 Å². The van der Waals surface area contributed by atoms with E-state index in [0.717, 1.165) is 36.8 Å². The van der Waals surface area contributed by atoms with E-state index in [1.54, 1.807) is 0 Å². The number of aliphatic hydroxyl groups is 1. The molecule has 0 fully saturated rings. The minimum atomic E-state index is -0.950. The van der Waals surface area contributed by atoms with Crippen LogP contribution in [0.2, 0.25) is 0 Å². The van der Waals surface area contributed by atoms with E-state index in [0.29, 0.717) is 5.92 Å². The molecule has 0 bridgehead atoms. The Balaban J connectivity index is 2.64. The standard InChI is InChI=1S/C18H28O3/c1-6-7-8-14(4)17(19)15(5)18(20)21-16-11-12(2)9-10-13(16)3/h8,10,12,16-17,19H,5-7,9,11H2,1-4H3/b14-8+/t12-,16?,17?/m1/s1. The molecule has 21 heavy (non-hydrogen) atoms. The first-order valence-electron chi connectivity index (χ1n) is 7.77. The topological polar surface area (TPSA) is 46.5 Å². The Morgan fingerprint density at radius 1 is 1.62 bits per heavy atom. The zero-order valence-electron chi connectivity index (χ0n) is 13.7. The molecule has 0 radical (unpaired) electrons. The van der Waals surface area contributed by atoms with Crippen molar-refractivity contribution >= 4 is 5.97 Å². The van der Waals surface area contributed by atoms with Crippen molar-refractivity contribution in [1.29, 1.82) is 0 Å². The summed E-state index contributed by atoms with van der Waals surface area (Å²) in [5.41, 5.74) is 1.95. The van der Waals surface area contributed by atoms with Crippen LogP contribution in [0.4, 0.5) is 0 Å². The number of hydrogen-bond acceptors (Lipinski definition) is 3. The smallest absolute Gasteiger partial charge is 0.336 e. The quantitative estimate of drug-likeness (QED) is 0.458. The van der Waals surface area contributed by atoms with Gasteiger partial charge in [-0.05, 0) is 50.2 Å². The van der Waals surface area contributed by atoms with Gasteiger partial charge in [0, 0.05) is 0 Å². The molecule has 0 aromatic heterocycles. The lowest BCUT2D eigenvalue weighted by Crippen LogP contribution is -2.28. The second-order valence-corrected chi connectivity index (χ2v) is 6.08. The van der Waals surface area contributed by atoms with E-state index in [9.17, 15) is 9.90 Å². The van der Waals surface area contributed by atoms with Crippen molar-refractivity contribution in [3.05, 3.63) is 35.5 Å². The highest BCUT2D eigenvalue weighted by atomic mass is 16.5. The van der Waals surface area contributed by atoms with Crippen LogP contribution in [0.5, 0.6) is 0 Å². The summed E-state index contributed by atoms with van der Waals surface area (Å²) in [7, 11) is 0. The number of carbonyl (C=O) groups excluding carboxylic acids is 1. The average Bonchev–Trinajstić information content (AvgIpc) is 2.46. The van der Waals surface area contributed by atoms with E-state index >= 15 is 0 Å². The highest BCUT2D eigenvalue weighted by molar-refractivity contribution is 5.89. The van der Waals surface area contributed by atoms with Crippen LogP contribution in [-0.4, -0.2) is 23.3 Å². The summed E-state index contributed by atoms with van der Waals surface area (Å²) in [5.74, 6) is 0.00877. The van der Waals surface area contributed by atoms with Gasteiger partial charge < -0.3 is 9.84 Å². The van der Waals surface area contributed by atoms with Crippen molar-refractivity contribution in [2.75, 3.05) is 0 Å². The zero-order valence-corrected chi connectivity index (χ0v) is 13.7. The van der Waals surface area contributed by atoms with Gasteiger partial charge in [-0.25, -0.2) is 4.79 Å². The molecule has 0 aromatic carbocycles. The van der Waals surface area contributed by atoms with Crippen LogP contribution >= 0.6 is 0 Å². The Bertz CT molecular complexity index is 445. The van der Waals surface area contributed by atoms with Crippen molar-refractivity contribution in [2.24, 2.45) is 5.92 Å². The van der Waals surface area contributed by atoms with E-state index in [1.165, 1.54) is 0 Å².